The Balaban J connectivity index is 1.90. The average molecular weight is 245 g/mol. The number of anilines is 1. The molecule has 0 spiro atoms. The van der Waals surface area contributed by atoms with Crippen molar-refractivity contribution in [1.29, 1.82) is 0 Å². The summed E-state index contributed by atoms with van der Waals surface area (Å²) in [6.07, 6.45) is 4.99. The first-order chi connectivity index (χ1) is 8.34. The molecule has 0 saturated carbocycles. The molecule has 0 bridgehead atoms. The first-order valence-corrected chi connectivity index (χ1v) is 6.16. The first kappa shape index (κ1) is 10.3. The van der Waals surface area contributed by atoms with Gasteiger partial charge in [0.25, 0.3) is 0 Å². The Morgan fingerprint density at radius 3 is 3.18 bits per heavy atom. The summed E-state index contributed by atoms with van der Waals surface area (Å²) in [6.45, 7) is 2.77. The summed E-state index contributed by atoms with van der Waals surface area (Å²) in [6, 6.07) is 1.94. The third-order valence-electron chi connectivity index (χ3n) is 2.57. The summed E-state index contributed by atoms with van der Waals surface area (Å²) in [5.41, 5.74) is 3.32. The molecule has 3 heterocycles. The predicted octanol–water partition coefficient (Wildman–Crippen LogP) is 3.20. The van der Waals surface area contributed by atoms with E-state index in [1.165, 1.54) is 5.56 Å². The number of thiophene rings is 1. The Hall–Kier alpha value is -1.88. The minimum Gasteiger partial charge on any atom is -0.472 e. The Morgan fingerprint density at radius 1 is 1.41 bits per heavy atom. The van der Waals surface area contributed by atoms with Crippen molar-refractivity contribution in [3.63, 3.8) is 0 Å². The van der Waals surface area contributed by atoms with E-state index in [2.05, 4.69) is 27.6 Å². The molecule has 3 aromatic rings. The molecule has 1 N–H and O–H groups in total. The number of fused-ring (bicyclic) bond motifs is 1. The van der Waals surface area contributed by atoms with Gasteiger partial charge in [0.2, 0.25) is 0 Å². The van der Waals surface area contributed by atoms with Crippen LogP contribution in [-0.4, -0.2) is 9.97 Å². The molecule has 3 aromatic heterocycles. The molecule has 86 valence electrons. The van der Waals surface area contributed by atoms with Gasteiger partial charge in [-0.2, -0.15) is 0 Å². The number of rotatable bonds is 3. The first-order valence-electron chi connectivity index (χ1n) is 5.28. The van der Waals surface area contributed by atoms with Crippen LogP contribution in [0.4, 0.5) is 5.82 Å². The van der Waals surface area contributed by atoms with Gasteiger partial charge < -0.3 is 9.73 Å². The van der Waals surface area contributed by atoms with Crippen molar-refractivity contribution in [2.45, 2.75) is 13.5 Å². The molecule has 0 aliphatic carbocycles. The number of nitrogens with one attached hydrogen (secondary N) is 1. The van der Waals surface area contributed by atoms with Crippen LogP contribution in [0.5, 0.6) is 0 Å². The zero-order chi connectivity index (χ0) is 11.7. The van der Waals surface area contributed by atoms with Crippen molar-refractivity contribution < 1.29 is 4.42 Å². The van der Waals surface area contributed by atoms with E-state index in [1.807, 2.05) is 6.07 Å². The Morgan fingerprint density at radius 2 is 2.35 bits per heavy atom. The van der Waals surface area contributed by atoms with Crippen molar-refractivity contribution >= 4 is 27.4 Å². The summed E-state index contributed by atoms with van der Waals surface area (Å²) in [4.78, 5) is 8.56. The zero-order valence-corrected chi connectivity index (χ0v) is 10.1. The largest absolute Gasteiger partial charge is 0.472 e. The standard InChI is InChI=1S/C12H11N3OS/c1-8-6-17-11-10(8)14-7-15-12(11)13-4-9-2-3-16-5-9/h2-3,5-7H,4H2,1H3,(H,13,14,15). The van der Waals surface area contributed by atoms with Gasteiger partial charge in [0, 0.05) is 12.1 Å². The zero-order valence-electron chi connectivity index (χ0n) is 9.30. The van der Waals surface area contributed by atoms with Gasteiger partial charge in [0.15, 0.2) is 0 Å². The quantitative estimate of drug-likeness (QED) is 0.769. The van der Waals surface area contributed by atoms with Gasteiger partial charge in [-0.3, -0.25) is 0 Å². The fraction of sp³-hybridized carbons (Fsp3) is 0.167. The highest BCUT2D eigenvalue weighted by atomic mass is 32.1. The molecule has 0 aliphatic rings. The molecule has 0 saturated heterocycles. The number of aromatic nitrogens is 2. The lowest BCUT2D eigenvalue weighted by Crippen LogP contribution is -2.00. The molecule has 0 unspecified atom stereocenters. The minimum atomic E-state index is 0.708. The van der Waals surface area contributed by atoms with Crippen LogP contribution in [0, 0.1) is 6.92 Å². The summed E-state index contributed by atoms with van der Waals surface area (Å²) in [5, 5.41) is 5.40. The van der Waals surface area contributed by atoms with E-state index in [0.29, 0.717) is 6.54 Å². The van der Waals surface area contributed by atoms with Crippen molar-refractivity contribution in [3.8, 4) is 0 Å². The SMILES string of the molecule is Cc1csc2c(NCc3ccoc3)ncnc12. The van der Waals surface area contributed by atoms with Gasteiger partial charge in [-0.15, -0.1) is 11.3 Å². The van der Waals surface area contributed by atoms with Gasteiger partial charge >= 0.3 is 0 Å². The fourth-order valence-electron chi connectivity index (χ4n) is 1.67. The molecule has 17 heavy (non-hydrogen) atoms. The molecule has 4 nitrogen and oxygen atoms in total. The molecule has 0 aliphatic heterocycles. The summed E-state index contributed by atoms with van der Waals surface area (Å²) in [7, 11) is 0. The highest BCUT2D eigenvalue weighted by Crippen LogP contribution is 2.28. The van der Waals surface area contributed by atoms with Crippen LogP contribution in [0.1, 0.15) is 11.1 Å². The number of hydrogen-bond acceptors (Lipinski definition) is 5. The predicted molar refractivity (Wildman–Crippen MR) is 68.2 cm³/mol. The van der Waals surface area contributed by atoms with E-state index in [1.54, 1.807) is 30.2 Å². The second-order valence-electron chi connectivity index (χ2n) is 3.80. The maximum atomic E-state index is 5.02. The number of hydrogen-bond donors (Lipinski definition) is 1. The van der Waals surface area contributed by atoms with Crippen LogP contribution in [-0.2, 0) is 6.54 Å². The highest BCUT2D eigenvalue weighted by Gasteiger charge is 2.07. The number of furan rings is 1. The molecule has 0 radical (unpaired) electrons. The smallest absolute Gasteiger partial charge is 0.147 e. The molecular weight excluding hydrogens is 234 g/mol. The van der Waals surface area contributed by atoms with Crippen LogP contribution in [0.3, 0.4) is 0 Å². The van der Waals surface area contributed by atoms with Crippen LogP contribution >= 0.6 is 11.3 Å². The third kappa shape index (κ3) is 1.89. The number of nitrogens with zero attached hydrogens (tertiary/aromatic N) is 2. The number of aryl methyl sites for hydroxylation is 1. The normalized spacial score (nSPS) is 10.9. The van der Waals surface area contributed by atoms with Crippen molar-refractivity contribution in [1.82, 2.24) is 9.97 Å². The fourth-order valence-corrected chi connectivity index (χ4v) is 2.64. The Labute approximate surface area is 102 Å². The Kier molecular flexibility index (Phi) is 2.53. The van der Waals surface area contributed by atoms with Crippen molar-refractivity contribution in [2.75, 3.05) is 5.32 Å². The van der Waals surface area contributed by atoms with E-state index in [9.17, 15) is 0 Å². The molecule has 0 amide bonds. The molecule has 0 atom stereocenters. The van der Waals surface area contributed by atoms with Gasteiger partial charge in [-0.1, -0.05) is 0 Å². The van der Waals surface area contributed by atoms with Gasteiger partial charge in [0.05, 0.1) is 22.7 Å². The highest BCUT2D eigenvalue weighted by molar-refractivity contribution is 7.18. The van der Waals surface area contributed by atoms with Crippen molar-refractivity contribution in [2.24, 2.45) is 0 Å². The van der Waals surface area contributed by atoms with Crippen molar-refractivity contribution in [3.05, 3.63) is 41.4 Å². The summed E-state index contributed by atoms with van der Waals surface area (Å²) < 4.78 is 6.13. The molecule has 0 fully saturated rings. The van der Waals surface area contributed by atoms with Crippen LogP contribution in [0.2, 0.25) is 0 Å². The Bertz CT molecular complexity index is 630. The average Bonchev–Trinajstić information content (AvgIpc) is 2.97. The van der Waals surface area contributed by atoms with E-state index in [0.717, 1.165) is 21.6 Å². The minimum absolute atomic E-state index is 0.708. The van der Waals surface area contributed by atoms with Crippen LogP contribution < -0.4 is 5.32 Å². The lowest BCUT2D eigenvalue weighted by molar-refractivity contribution is 0.564. The molecule has 5 heteroatoms. The lowest BCUT2D eigenvalue weighted by Gasteiger charge is -2.04. The van der Waals surface area contributed by atoms with Gasteiger partial charge in [0.1, 0.15) is 12.1 Å². The van der Waals surface area contributed by atoms with E-state index in [4.69, 9.17) is 4.42 Å². The molecular formula is C12H11N3OS. The maximum absolute atomic E-state index is 5.02. The van der Waals surface area contributed by atoms with Gasteiger partial charge in [-0.05, 0) is 23.9 Å². The maximum Gasteiger partial charge on any atom is 0.147 e. The molecule has 3 rings (SSSR count). The van der Waals surface area contributed by atoms with Crippen LogP contribution in [0.15, 0.2) is 34.7 Å². The second kappa shape index (κ2) is 4.18. The molecule has 0 aromatic carbocycles. The summed E-state index contributed by atoms with van der Waals surface area (Å²) >= 11 is 1.67. The monoisotopic (exact) mass is 245 g/mol. The lowest BCUT2D eigenvalue weighted by atomic mass is 10.3. The second-order valence-corrected chi connectivity index (χ2v) is 4.68. The third-order valence-corrected chi connectivity index (χ3v) is 3.66. The topological polar surface area (TPSA) is 51.0 Å². The van der Waals surface area contributed by atoms with Crippen LogP contribution in [0.25, 0.3) is 10.2 Å². The van der Waals surface area contributed by atoms with Gasteiger partial charge in [-0.25, -0.2) is 9.97 Å². The van der Waals surface area contributed by atoms with E-state index >= 15 is 0 Å². The van der Waals surface area contributed by atoms with E-state index in [-0.39, 0.29) is 0 Å². The summed E-state index contributed by atoms with van der Waals surface area (Å²) in [5.74, 6) is 0.884. The van der Waals surface area contributed by atoms with E-state index < -0.39 is 0 Å².